The highest BCUT2D eigenvalue weighted by Gasteiger charge is 2.11. The summed E-state index contributed by atoms with van der Waals surface area (Å²) in [6.45, 7) is 10.6. The Morgan fingerprint density at radius 1 is 1.00 bits per heavy atom. The molecule has 2 heterocycles. The number of rotatable bonds is 6. The summed E-state index contributed by atoms with van der Waals surface area (Å²) in [6, 6.07) is 13.7. The molecule has 37 heavy (non-hydrogen) atoms. The molecule has 0 radical (unpaired) electrons. The van der Waals surface area contributed by atoms with Crippen molar-refractivity contribution in [2.45, 2.75) is 52.7 Å². The van der Waals surface area contributed by atoms with E-state index in [0.29, 0.717) is 11.4 Å². The van der Waals surface area contributed by atoms with Crippen molar-refractivity contribution in [3.05, 3.63) is 70.9 Å². The number of aliphatic hydroxyl groups is 1. The SMILES string of the molecule is CC(C)(C)C#Cc1ccc2cnc(N)c(C#Cc3ccc(C(O)NCCCN4CCCCC4)cc3)c2c1. The summed E-state index contributed by atoms with van der Waals surface area (Å²) in [5, 5.41) is 15.7. The van der Waals surface area contributed by atoms with Crippen molar-refractivity contribution < 1.29 is 5.11 Å². The van der Waals surface area contributed by atoms with Crippen molar-refractivity contribution in [3.63, 3.8) is 0 Å². The van der Waals surface area contributed by atoms with E-state index in [1.165, 1.54) is 32.4 Å². The molecule has 1 fully saturated rings. The number of aliphatic hydroxyl groups excluding tert-OH is 1. The fraction of sp³-hybridized carbons (Fsp3) is 0.406. The molecule has 5 heteroatoms. The number of anilines is 1. The maximum atomic E-state index is 10.5. The standard InChI is InChI=1S/C32H38N4O/c1-32(2,3)17-16-25-10-14-27-23-35-30(33)28(29(27)22-25)15-11-24-8-12-26(13-9-24)31(37)34-18-7-21-36-19-5-4-6-20-36/h8-10,12-14,22-23,31,34,37H,4-7,18-21H2,1-3H3,(H2,33,35). The van der Waals surface area contributed by atoms with Gasteiger partial charge in [-0.2, -0.15) is 0 Å². The molecule has 0 bridgehead atoms. The van der Waals surface area contributed by atoms with Crippen LogP contribution in [0.15, 0.2) is 48.7 Å². The summed E-state index contributed by atoms with van der Waals surface area (Å²) in [7, 11) is 0. The number of likely N-dealkylation sites (tertiary alicyclic amines) is 1. The summed E-state index contributed by atoms with van der Waals surface area (Å²) in [5.74, 6) is 13.4. The molecule has 1 unspecified atom stereocenters. The largest absolute Gasteiger partial charge is 0.383 e. The normalized spacial score (nSPS) is 14.9. The van der Waals surface area contributed by atoms with E-state index in [0.717, 1.165) is 47.0 Å². The van der Waals surface area contributed by atoms with Gasteiger partial charge in [0, 0.05) is 33.5 Å². The van der Waals surface area contributed by atoms with Crippen molar-refractivity contribution in [1.29, 1.82) is 0 Å². The lowest BCUT2D eigenvalue weighted by Gasteiger charge is -2.26. The van der Waals surface area contributed by atoms with Crippen LogP contribution in [-0.4, -0.2) is 41.2 Å². The first-order valence-electron chi connectivity index (χ1n) is 13.3. The highest BCUT2D eigenvalue weighted by atomic mass is 16.3. The molecule has 3 aromatic rings. The van der Waals surface area contributed by atoms with Crippen molar-refractivity contribution in [3.8, 4) is 23.7 Å². The van der Waals surface area contributed by atoms with Gasteiger partial charge in [0.1, 0.15) is 12.0 Å². The van der Waals surface area contributed by atoms with E-state index in [2.05, 4.69) is 59.7 Å². The van der Waals surface area contributed by atoms with Gasteiger partial charge in [-0.3, -0.25) is 5.32 Å². The number of nitrogens with zero attached hydrogens (tertiary/aromatic N) is 2. The fourth-order valence-corrected chi connectivity index (χ4v) is 4.42. The van der Waals surface area contributed by atoms with Gasteiger partial charge in [0.2, 0.25) is 0 Å². The predicted molar refractivity (Wildman–Crippen MR) is 153 cm³/mol. The van der Waals surface area contributed by atoms with Gasteiger partial charge in [-0.15, -0.1) is 0 Å². The monoisotopic (exact) mass is 494 g/mol. The first-order valence-corrected chi connectivity index (χ1v) is 13.3. The first kappa shape index (κ1) is 26.7. The number of pyridine rings is 1. The van der Waals surface area contributed by atoms with Crippen LogP contribution < -0.4 is 11.1 Å². The average molecular weight is 495 g/mol. The second-order valence-electron chi connectivity index (χ2n) is 10.8. The minimum atomic E-state index is -0.686. The van der Waals surface area contributed by atoms with Gasteiger partial charge in [0.15, 0.2) is 0 Å². The summed E-state index contributed by atoms with van der Waals surface area (Å²) in [5.41, 5.74) is 9.46. The number of benzene rings is 2. The lowest BCUT2D eigenvalue weighted by atomic mass is 9.97. The van der Waals surface area contributed by atoms with E-state index in [-0.39, 0.29) is 5.41 Å². The van der Waals surface area contributed by atoms with E-state index in [4.69, 9.17) is 5.73 Å². The molecule has 192 valence electrons. The van der Waals surface area contributed by atoms with Crippen LogP contribution in [0, 0.1) is 29.1 Å². The van der Waals surface area contributed by atoms with Crippen molar-refractivity contribution in [2.24, 2.45) is 5.41 Å². The van der Waals surface area contributed by atoms with Crippen molar-refractivity contribution in [2.75, 3.05) is 31.9 Å². The molecule has 1 aliphatic heterocycles. The number of hydrogen-bond acceptors (Lipinski definition) is 5. The summed E-state index contributed by atoms with van der Waals surface area (Å²) in [6.07, 6.45) is 6.09. The highest BCUT2D eigenvalue weighted by Crippen LogP contribution is 2.23. The molecule has 2 aromatic carbocycles. The Bertz CT molecular complexity index is 1330. The Kier molecular flexibility index (Phi) is 8.85. The van der Waals surface area contributed by atoms with Crippen LogP contribution in [0.25, 0.3) is 10.8 Å². The molecule has 1 saturated heterocycles. The summed E-state index contributed by atoms with van der Waals surface area (Å²) < 4.78 is 0. The molecule has 4 N–H and O–H groups in total. The third-order valence-electron chi connectivity index (χ3n) is 6.50. The van der Waals surface area contributed by atoms with Crippen molar-refractivity contribution >= 4 is 16.6 Å². The quantitative estimate of drug-likeness (QED) is 0.253. The van der Waals surface area contributed by atoms with Gasteiger partial charge in [0.25, 0.3) is 0 Å². The van der Waals surface area contributed by atoms with Gasteiger partial charge < -0.3 is 15.7 Å². The smallest absolute Gasteiger partial charge is 0.139 e. The van der Waals surface area contributed by atoms with Crippen LogP contribution >= 0.6 is 0 Å². The number of nitrogens with two attached hydrogens (primary N) is 1. The average Bonchev–Trinajstić information content (AvgIpc) is 2.89. The molecule has 4 rings (SSSR count). The first-order chi connectivity index (χ1) is 17.8. The van der Waals surface area contributed by atoms with E-state index in [1.807, 2.05) is 42.5 Å². The van der Waals surface area contributed by atoms with Gasteiger partial charge >= 0.3 is 0 Å². The van der Waals surface area contributed by atoms with E-state index < -0.39 is 6.23 Å². The lowest BCUT2D eigenvalue weighted by molar-refractivity contribution is 0.135. The van der Waals surface area contributed by atoms with E-state index in [1.54, 1.807) is 6.20 Å². The van der Waals surface area contributed by atoms with Crippen LogP contribution in [0.2, 0.25) is 0 Å². The zero-order valence-electron chi connectivity index (χ0n) is 22.3. The Morgan fingerprint density at radius 3 is 2.46 bits per heavy atom. The highest BCUT2D eigenvalue weighted by molar-refractivity contribution is 5.92. The number of nitrogens with one attached hydrogen (secondary N) is 1. The Morgan fingerprint density at radius 2 is 1.73 bits per heavy atom. The van der Waals surface area contributed by atoms with E-state index >= 15 is 0 Å². The Balaban J connectivity index is 1.42. The van der Waals surface area contributed by atoms with Crippen LogP contribution in [0.1, 0.15) is 74.9 Å². The summed E-state index contributed by atoms with van der Waals surface area (Å²) >= 11 is 0. The molecule has 5 nitrogen and oxygen atoms in total. The molecular weight excluding hydrogens is 456 g/mol. The molecule has 0 aliphatic carbocycles. The Hall–Kier alpha value is -3.35. The maximum Gasteiger partial charge on any atom is 0.139 e. The number of hydrogen-bond donors (Lipinski definition) is 3. The fourth-order valence-electron chi connectivity index (χ4n) is 4.42. The molecule has 1 aromatic heterocycles. The molecule has 1 atom stereocenters. The third kappa shape index (κ3) is 7.81. The molecule has 0 spiro atoms. The van der Waals surface area contributed by atoms with Gasteiger partial charge in [0.05, 0.1) is 5.56 Å². The van der Waals surface area contributed by atoms with Gasteiger partial charge in [-0.1, -0.05) is 48.3 Å². The third-order valence-corrected chi connectivity index (χ3v) is 6.50. The minimum Gasteiger partial charge on any atom is -0.383 e. The lowest BCUT2D eigenvalue weighted by Crippen LogP contribution is -2.32. The topological polar surface area (TPSA) is 74.4 Å². The van der Waals surface area contributed by atoms with Crippen LogP contribution in [-0.2, 0) is 0 Å². The van der Waals surface area contributed by atoms with Crippen LogP contribution in [0.4, 0.5) is 5.82 Å². The number of piperidine rings is 1. The van der Waals surface area contributed by atoms with Gasteiger partial charge in [-0.25, -0.2) is 4.98 Å². The number of nitrogen functional groups attached to an aromatic ring is 1. The summed E-state index contributed by atoms with van der Waals surface area (Å²) in [4.78, 5) is 6.85. The molecule has 1 aliphatic rings. The molecule has 0 saturated carbocycles. The molecule has 0 amide bonds. The van der Waals surface area contributed by atoms with Crippen LogP contribution in [0.5, 0.6) is 0 Å². The molecular formula is C32H38N4O. The van der Waals surface area contributed by atoms with E-state index in [9.17, 15) is 5.11 Å². The zero-order valence-corrected chi connectivity index (χ0v) is 22.3. The predicted octanol–water partition coefficient (Wildman–Crippen LogP) is 5.07. The zero-order chi connectivity index (χ0) is 26.3. The van der Waals surface area contributed by atoms with Gasteiger partial charge in [-0.05, 0) is 96.0 Å². The minimum absolute atomic E-state index is 0.0722. The number of fused-ring (bicyclic) bond motifs is 1. The van der Waals surface area contributed by atoms with Crippen LogP contribution in [0.3, 0.4) is 0 Å². The Labute approximate surface area is 221 Å². The van der Waals surface area contributed by atoms with Crippen molar-refractivity contribution in [1.82, 2.24) is 15.2 Å². The number of aromatic nitrogens is 1. The maximum absolute atomic E-state index is 10.5. The second kappa shape index (κ2) is 12.3. The second-order valence-corrected chi connectivity index (χ2v) is 10.8.